The molecule has 0 spiro atoms. The van der Waals surface area contributed by atoms with Gasteiger partial charge in [0.05, 0.1) is 9.79 Å². The average molecular weight is 306 g/mol. The fourth-order valence-electron chi connectivity index (χ4n) is 1.48. The van der Waals surface area contributed by atoms with Crippen molar-refractivity contribution in [1.29, 1.82) is 0 Å². The highest BCUT2D eigenvalue weighted by Gasteiger charge is 2.21. The van der Waals surface area contributed by atoms with E-state index in [1.54, 1.807) is 13.8 Å². The summed E-state index contributed by atoms with van der Waals surface area (Å²) in [5, 5.41) is 0. The van der Waals surface area contributed by atoms with E-state index in [1.165, 1.54) is 12.1 Å². The number of hydrogen-bond acceptors (Lipinski definition) is 5. The molecule has 108 valence electrons. The average Bonchev–Trinajstić information content (AvgIpc) is 2.26. The van der Waals surface area contributed by atoms with Crippen molar-refractivity contribution in [3.8, 4) is 0 Å². The SMILES string of the molecule is Cc1ccc(S(C)(=O)=O)cc1S(=O)(=O)N[C@@H](C)CN. The van der Waals surface area contributed by atoms with Crippen LogP contribution in [0.15, 0.2) is 28.0 Å². The van der Waals surface area contributed by atoms with E-state index in [0.29, 0.717) is 5.56 Å². The molecule has 0 aliphatic rings. The third-order valence-corrected chi connectivity index (χ3v) is 5.43. The van der Waals surface area contributed by atoms with Crippen molar-refractivity contribution in [2.75, 3.05) is 12.8 Å². The van der Waals surface area contributed by atoms with Crippen molar-refractivity contribution in [3.63, 3.8) is 0 Å². The minimum Gasteiger partial charge on any atom is -0.329 e. The van der Waals surface area contributed by atoms with E-state index in [9.17, 15) is 16.8 Å². The minimum absolute atomic E-state index is 0.0288. The van der Waals surface area contributed by atoms with Crippen LogP contribution in [0, 0.1) is 6.92 Å². The third-order valence-electron chi connectivity index (χ3n) is 2.59. The lowest BCUT2D eigenvalue weighted by molar-refractivity contribution is 0.562. The van der Waals surface area contributed by atoms with E-state index in [1.807, 2.05) is 0 Å². The van der Waals surface area contributed by atoms with Crippen LogP contribution in [0.1, 0.15) is 12.5 Å². The Hall–Kier alpha value is -0.960. The topological polar surface area (TPSA) is 106 Å². The van der Waals surface area contributed by atoms with Crippen LogP contribution in [0.5, 0.6) is 0 Å². The number of aryl methyl sites for hydroxylation is 1. The van der Waals surface area contributed by atoms with Crippen LogP contribution in [0.3, 0.4) is 0 Å². The van der Waals surface area contributed by atoms with E-state index < -0.39 is 25.9 Å². The first-order chi connectivity index (χ1) is 8.58. The summed E-state index contributed by atoms with van der Waals surface area (Å²) in [6.07, 6.45) is 1.03. The van der Waals surface area contributed by atoms with Crippen LogP contribution in [0.25, 0.3) is 0 Å². The molecule has 1 rings (SSSR count). The largest absolute Gasteiger partial charge is 0.329 e. The summed E-state index contributed by atoms with van der Waals surface area (Å²) >= 11 is 0. The van der Waals surface area contributed by atoms with Crippen molar-refractivity contribution in [3.05, 3.63) is 23.8 Å². The molecule has 0 saturated heterocycles. The highest BCUT2D eigenvalue weighted by molar-refractivity contribution is 7.91. The molecule has 0 unspecified atom stereocenters. The van der Waals surface area contributed by atoms with E-state index >= 15 is 0 Å². The molecule has 19 heavy (non-hydrogen) atoms. The lowest BCUT2D eigenvalue weighted by Gasteiger charge is -2.14. The molecule has 0 aliphatic heterocycles. The van der Waals surface area contributed by atoms with E-state index in [2.05, 4.69) is 4.72 Å². The zero-order chi connectivity index (χ0) is 14.8. The Morgan fingerprint density at radius 1 is 1.26 bits per heavy atom. The molecule has 0 saturated carbocycles. The predicted octanol–water partition coefficient (Wildman–Crippen LogP) is 0.0240. The smallest absolute Gasteiger partial charge is 0.241 e. The second-order valence-electron chi connectivity index (χ2n) is 4.46. The Bertz CT molecular complexity index is 666. The Kier molecular flexibility index (Phi) is 4.72. The van der Waals surface area contributed by atoms with E-state index in [-0.39, 0.29) is 16.3 Å². The number of nitrogens with two attached hydrogens (primary N) is 1. The zero-order valence-electron chi connectivity index (χ0n) is 11.0. The summed E-state index contributed by atoms with van der Waals surface area (Å²) in [7, 11) is -7.23. The summed E-state index contributed by atoms with van der Waals surface area (Å²) in [5.41, 5.74) is 5.85. The summed E-state index contributed by atoms with van der Waals surface area (Å²) in [4.78, 5) is -0.0744. The molecular formula is C11H18N2O4S2. The van der Waals surface area contributed by atoms with Crippen LogP contribution in [0.2, 0.25) is 0 Å². The van der Waals surface area contributed by atoms with Crippen molar-refractivity contribution >= 4 is 19.9 Å². The van der Waals surface area contributed by atoms with Crippen LogP contribution in [0.4, 0.5) is 0 Å². The lowest BCUT2D eigenvalue weighted by Crippen LogP contribution is -2.38. The molecule has 1 atom stereocenters. The van der Waals surface area contributed by atoms with Crippen molar-refractivity contribution in [2.45, 2.75) is 29.7 Å². The molecule has 1 aromatic rings. The van der Waals surface area contributed by atoms with Crippen LogP contribution in [-0.2, 0) is 19.9 Å². The van der Waals surface area contributed by atoms with Gasteiger partial charge < -0.3 is 5.73 Å². The van der Waals surface area contributed by atoms with Gasteiger partial charge in [0.2, 0.25) is 10.0 Å². The maximum absolute atomic E-state index is 12.1. The van der Waals surface area contributed by atoms with Gasteiger partial charge in [-0.3, -0.25) is 0 Å². The molecule has 0 heterocycles. The van der Waals surface area contributed by atoms with Gasteiger partial charge in [0.1, 0.15) is 0 Å². The maximum Gasteiger partial charge on any atom is 0.241 e. The van der Waals surface area contributed by atoms with Gasteiger partial charge in [-0.25, -0.2) is 21.6 Å². The number of benzene rings is 1. The molecule has 0 amide bonds. The second-order valence-corrected chi connectivity index (χ2v) is 8.16. The third kappa shape index (κ3) is 4.00. The van der Waals surface area contributed by atoms with Gasteiger partial charge in [0, 0.05) is 18.8 Å². The fraction of sp³-hybridized carbons (Fsp3) is 0.455. The lowest BCUT2D eigenvalue weighted by atomic mass is 10.2. The normalized spacial score (nSPS) is 14.3. The number of sulfonamides is 1. The van der Waals surface area contributed by atoms with Gasteiger partial charge in [-0.05, 0) is 31.5 Å². The number of rotatable bonds is 5. The summed E-state index contributed by atoms with van der Waals surface area (Å²) in [5.74, 6) is 0. The van der Waals surface area contributed by atoms with E-state index in [0.717, 1.165) is 12.3 Å². The summed E-state index contributed by atoms with van der Waals surface area (Å²) in [6.45, 7) is 3.39. The van der Waals surface area contributed by atoms with Gasteiger partial charge in [-0.2, -0.15) is 0 Å². The molecule has 6 nitrogen and oxygen atoms in total. The molecule has 8 heteroatoms. The highest BCUT2D eigenvalue weighted by atomic mass is 32.2. The van der Waals surface area contributed by atoms with Gasteiger partial charge in [-0.15, -0.1) is 0 Å². The summed E-state index contributed by atoms with van der Waals surface area (Å²) < 4.78 is 49.6. The van der Waals surface area contributed by atoms with Crippen molar-refractivity contribution in [2.24, 2.45) is 5.73 Å². The van der Waals surface area contributed by atoms with Gasteiger partial charge in [0.15, 0.2) is 9.84 Å². The Balaban J connectivity index is 3.34. The zero-order valence-corrected chi connectivity index (χ0v) is 12.7. The van der Waals surface area contributed by atoms with Crippen molar-refractivity contribution < 1.29 is 16.8 Å². The molecule has 3 N–H and O–H groups in total. The summed E-state index contributed by atoms with van der Waals surface area (Å²) in [6, 6.07) is 3.59. The molecular weight excluding hydrogens is 288 g/mol. The first-order valence-corrected chi connectivity index (χ1v) is 8.98. The molecule has 0 bridgehead atoms. The Morgan fingerprint density at radius 3 is 2.32 bits per heavy atom. The molecule has 1 aromatic carbocycles. The Labute approximate surface area is 114 Å². The first-order valence-electron chi connectivity index (χ1n) is 5.61. The van der Waals surface area contributed by atoms with E-state index in [4.69, 9.17) is 5.73 Å². The standard InChI is InChI=1S/C11H18N2O4S2/c1-8-4-5-10(18(3,14)15)6-11(8)19(16,17)13-9(2)7-12/h4-6,9,13H,7,12H2,1-3H3/t9-/m0/s1. The van der Waals surface area contributed by atoms with Crippen molar-refractivity contribution in [1.82, 2.24) is 4.72 Å². The predicted molar refractivity (Wildman–Crippen MR) is 73.1 cm³/mol. The quantitative estimate of drug-likeness (QED) is 0.798. The number of sulfone groups is 1. The molecule has 0 fully saturated rings. The molecule has 0 aromatic heterocycles. The highest BCUT2D eigenvalue weighted by Crippen LogP contribution is 2.20. The fourth-order valence-corrected chi connectivity index (χ4v) is 3.73. The maximum atomic E-state index is 12.1. The van der Waals surface area contributed by atoms with Gasteiger partial charge in [0.25, 0.3) is 0 Å². The monoisotopic (exact) mass is 306 g/mol. The van der Waals surface area contributed by atoms with Gasteiger partial charge >= 0.3 is 0 Å². The number of hydrogen-bond donors (Lipinski definition) is 2. The van der Waals surface area contributed by atoms with Gasteiger partial charge in [-0.1, -0.05) is 6.07 Å². The Morgan fingerprint density at radius 2 is 1.84 bits per heavy atom. The minimum atomic E-state index is -3.78. The second kappa shape index (κ2) is 5.58. The molecule has 0 radical (unpaired) electrons. The molecule has 0 aliphatic carbocycles. The van der Waals surface area contributed by atoms with Crippen LogP contribution >= 0.6 is 0 Å². The van der Waals surface area contributed by atoms with Crippen LogP contribution in [-0.4, -0.2) is 35.7 Å². The first kappa shape index (κ1) is 16.1. The van der Waals surface area contributed by atoms with Crippen LogP contribution < -0.4 is 10.5 Å². The number of nitrogens with one attached hydrogen (secondary N) is 1.